The Kier molecular flexibility index (Phi) is 7.49. The first kappa shape index (κ1) is 25.5. The highest BCUT2D eigenvalue weighted by Gasteiger charge is 2.34. The number of alkyl halides is 4. The number of aromatic nitrogens is 3. The van der Waals surface area contributed by atoms with Crippen LogP contribution in [0.2, 0.25) is 5.02 Å². The Hall–Kier alpha value is -3.59. The summed E-state index contributed by atoms with van der Waals surface area (Å²) in [6, 6.07) is 6.67. The highest BCUT2D eigenvalue weighted by molar-refractivity contribution is 6.31. The zero-order valence-corrected chi connectivity index (χ0v) is 19.5. The first-order chi connectivity index (χ1) is 17.2. The summed E-state index contributed by atoms with van der Waals surface area (Å²) in [6.45, 7) is -0.903. The number of fused-ring (bicyclic) bond motifs is 1. The van der Waals surface area contributed by atoms with Gasteiger partial charge in [0.15, 0.2) is 5.69 Å². The molecule has 1 unspecified atom stereocenters. The second kappa shape index (κ2) is 10.6. The molecule has 0 radical (unpaired) electrons. The first-order valence-corrected chi connectivity index (χ1v) is 11.5. The third kappa shape index (κ3) is 5.62. The van der Waals surface area contributed by atoms with Crippen LogP contribution in [0.4, 0.5) is 23.2 Å². The third-order valence-electron chi connectivity index (χ3n) is 5.85. The van der Waals surface area contributed by atoms with E-state index in [2.05, 4.69) is 25.6 Å². The van der Waals surface area contributed by atoms with E-state index in [1.165, 1.54) is 12.1 Å². The van der Waals surface area contributed by atoms with E-state index in [-0.39, 0.29) is 41.1 Å². The van der Waals surface area contributed by atoms with Crippen LogP contribution >= 0.6 is 11.6 Å². The van der Waals surface area contributed by atoms with E-state index in [1.807, 2.05) is 6.07 Å². The lowest BCUT2D eigenvalue weighted by molar-refractivity contribution is -0.140. The molecule has 0 aliphatic heterocycles. The van der Waals surface area contributed by atoms with Gasteiger partial charge in [0.1, 0.15) is 18.4 Å². The van der Waals surface area contributed by atoms with E-state index in [9.17, 15) is 27.6 Å². The molecule has 8 nitrogen and oxygen atoms in total. The topological polar surface area (TPSA) is 108 Å². The molecule has 1 fully saturated rings. The van der Waals surface area contributed by atoms with Gasteiger partial charge >= 0.3 is 6.18 Å². The molecule has 36 heavy (non-hydrogen) atoms. The van der Waals surface area contributed by atoms with E-state index < -0.39 is 24.5 Å². The molecule has 13 heteroatoms. The zero-order chi connectivity index (χ0) is 25.9. The molecule has 0 bridgehead atoms. The molecule has 1 amide bonds. The van der Waals surface area contributed by atoms with Gasteiger partial charge in [0.2, 0.25) is 0 Å². The fourth-order valence-electron chi connectivity index (χ4n) is 4.18. The number of azo groups is 1. The van der Waals surface area contributed by atoms with E-state index in [0.717, 1.165) is 16.9 Å². The molecule has 0 spiro atoms. The van der Waals surface area contributed by atoms with Crippen molar-refractivity contribution in [2.45, 2.75) is 50.5 Å². The number of carbonyl (C=O) groups excluding carboxylic acids is 1. The molecule has 0 saturated heterocycles. The van der Waals surface area contributed by atoms with Crippen LogP contribution in [0.3, 0.4) is 0 Å². The zero-order valence-electron chi connectivity index (χ0n) is 18.8. The van der Waals surface area contributed by atoms with Crippen LogP contribution in [0.1, 0.15) is 47.4 Å². The molecule has 2 aromatic heterocycles. The molecular weight excluding hydrogens is 502 g/mol. The number of aryl methyl sites for hydroxylation is 1. The normalized spacial score (nSPS) is 18.4. The van der Waals surface area contributed by atoms with Crippen LogP contribution in [-0.2, 0) is 12.7 Å². The Morgan fingerprint density at radius 2 is 2.11 bits per heavy atom. The molecule has 1 saturated carbocycles. The Balaban J connectivity index is 1.51. The van der Waals surface area contributed by atoms with Crippen LogP contribution in [0.25, 0.3) is 10.9 Å². The largest absolute Gasteiger partial charge is 0.433 e. The highest BCUT2D eigenvalue weighted by Crippen LogP contribution is 2.35. The number of nitriles is 1. The maximum atomic E-state index is 13.4. The third-order valence-corrected chi connectivity index (χ3v) is 6.09. The Morgan fingerprint density at radius 3 is 2.83 bits per heavy atom. The molecular formula is C23H20ClF4N7O. The van der Waals surface area contributed by atoms with Gasteiger partial charge in [-0.25, -0.2) is 9.37 Å². The van der Waals surface area contributed by atoms with E-state index in [4.69, 9.17) is 11.6 Å². The summed E-state index contributed by atoms with van der Waals surface area (Å²) in [5.41, 5.74) is -0.758. The molecule has 4 rings (SSSR count). The number of benzene rings is 1. The van der Waals surface area contributed by atoms with Crippen LogP contribution in [0, 0.1) is 11.3 Å². The molecule has 1 N–H and O–H groups in total. The molecule has 1 aromatic carbocycles. The minimum Gasteiger partial charge on any atom is -0.382 e. The van der Waals surface area contributed by atoms with Crippen LogP contribution in [-0.4, -0.2) is 39.4 Å². The standard InChI is InChI=1S/C23H20ClF4N7O/c24-13-4-5-18-16(8-13)19(10-21(32-18)23(26,27)28)31-14-2-1-3-15(9-14)33-34-22(36)17-12-30-35(7-6-25)20(17)11-29/h4-5,8,10,12,14-15H,1-3,6-7,9H2,(H,31,32)/t14-,15?/m0/s1. The molecule has 188 valence electrons. The predicted molar refractivity (Wildman–Crippen MR) is 124 cm³/mol. The van der Waals surface area contributed by atoms with Gasteiger partial charge in [0, 0.05) is 22.1 Å². The van der Waals surface area contributed by atoms with E-state index >= 15 is 0 Å². The number of nitrogens with zero attached hydrogens (tertiary/aromatic N) is 6. The maximum Gasteiger partial charge on any atom is 0.433 e. The van der Waals surface area contributed by atoms with Gasteiger partial charge in [0.25, 0.3) is 5.91 Å². The summed E-state index contributed by atoms with van der Waals surface area (Å²) in [5, 5.41) is 25.0. The van der Waals surface area contributed by atoms with Crippen LogP contribution in [0.5, 0.6) is 0 Å². The fraction of sp³-hybridized carbons (Fsp3) is 0.391. The summed E-state index contributed by atoms with van der Waals surface area (Å²) in [6.07, 6.45) is -1.01. The molecule has 1 aliphatic rings. The summed E-state index contributed by atoms with van der Waals surface area (Å²) < 4.78 is 53.9. The van der Waals surface area contributed by atoms with Crippen molar-refractivity contribution in [2.24, 2.45) is 10.2 Å². The van der Waals surface area contributed by atoms with Gasteiger partial charge in [-0.3, -0.25) is 9.48 Å². The van der Waals surface area contributed by atoms with Gasteiger partial charge in [-0.1, -0.05) is 11.6 Å². The Labute approximate surface area is 208 Å². The fourth-order valence-corrected chi connectivity index (χ4v) is 4.35. The summed E-state index contributed by atoms with van der Waals surface area (Å²) in [4.78, 5) is 16.2. The van der Waals surface area contributed by atoms with Crippen molar-refractivity contribution >= 4 is 34.1 Å². The number of amides is 1. The smallest absolute Gasteiger partial charge is 0.382 e. The monoisotopic (exact) mass is 521 g/mol. The van der Waals surface area contributed by atoms with Gasteiger partial charge in [-0.2, -0.15) is 28.6 Å². The highest BCUT2D eigenvalue weighted by atomic mass is 35.5. The van der Waals surface area contributed by atoms with Crippen molar-refractivity contribution < 1.29 is 22.4 Å². The predicted octanol–water partition coefficient (Wildman–Crippen LogP) is 5.96. The lowest BCUT2D eigenvalue weighted by Gasteiger charge is -2.28. The number of halogens is 5. The second-order valence-corrected chi connectivity index (χ2v) is 8.76. The van der Waals surface area contributed by atoms with Gasteiger partial charge in [-0.05, 0) is 49.9 Å². The number of carbonyl (C=O) groups is 1. The quantitative estimate of drug-likeness (QED) is 0.318. The average molecular weight is 522 g/mol. The maximum absolute atomic E-state index is 13.4. The lowest BCUT2D eigenvalue weighted by Crippen LogP contribution is -2.29. The van der Waals surface area contributed by atoms with Gasteiger partial charge in [0.05, 0.1) is 29.9 Å². The van der Waals surface area contributed by atoms with Gasteiger partial charge in [-0.15, -0.1) is 5.11 Å². The summed E-state index contributed by atoms with van der Waals surface area (Å²) >= 11 is 6.07. The number of hydrogen-bond acceptors (Lipinski definition) is 6. The summed E-state index contributed by atoms with van der Waals surface area (Å²) in [7, 11) is 0. The van der Waals surface area contributed by atoms with E-state index in [1.54, 1.807) is 6.07 Å². The second-order valence-electron chi connectivity index (χ2n) is 8.33. The van der Waals surface area contributed by atoms with E-state index in [0.29, 0.717) is 36.1 Å². The van der Waals surface area contributed by atoms with Crippen molar-refractivity contribution in [3.05, 3.63) is 52.4 Å². The Morgan fingerprint density at radius 1 is 1.31 bits per heavy atom. The van der Waals surface area contributed by atoms with Crippen molar-refractivity contribution in [2.75, 3.05) is 12.0 Å². The average Bonchev–Trinajstić information content (AvgIpc) is 3.25. The number of rotatable bonds is 6. The number of hydrogen-bond donors (Lipinski definition) is 1. The minimum absolute atomic E-state index is 0.0694. The van der Waals surface area contributed by atoms with Crippen molar-refractivity contribution in [1.82, 2.24) is 14.8 Å². The number of nitrogens with one attached hydrogen (secondary N) is 1. The van der Waals surface area contributed by atoms with Crippen molar-refractivity contribution in [3.8, 4) is 6.07 Å². The number of pyridine rings is 1. The minimum atomic E-state index is -4.62. The van der Waals surface area contributed by atoms with Crippen molar-refractivity contribution in [3.63, 3.8) is 0 Å². The molecule has 3 aromatic rings. The molecule has 2 heterocycles. The molecule has 1 aliphatic carbocycles. The van der Waals surface area contributed by atoms with Gasteiger partial charge < -0.3 is 5.32 Å². The first-order valence-electron chi connectivity index (χ1n) is 11.1. The summed E-state index contributed by atoms with van der Waals surface area (Å²) in [5.74, 6) is -0.767. The van der Waals surface area contributed by atoms with Crippen LogP contribution < -0.4 is 5.32 Å². The van der Waals surface area contributed by atoms with Crippen LogP contribution in [0.15, 0.2) is 40.7 Å². The lowest BCUT2D eigenvalue weighted by atomic mass is 9.91. The SMILES string of the molecule is N#Cc1c(C(=O)N=NC2CCC[C@H](Nc3cc(C(F)(F)F)nc4ccc(Cl)cc34)C2)cnn1CCF. The van der Waals surface area contributed by atoms with Crippen molar-refractivity contribution in [1.29, 1.82) is 5.26 Å². The Bertz CT molecular complexity index is 1350. The number of anilines is 1. The molecule has 2 atom stereocenters.